The number of anilines is 2. The van der Waals surface area contributed by atoms with Gasteiger partial charge in [0, 0.05) is 16.7 Å². The van der Waals surface area contributed by atoms with E-state index in [1.165, 1.54) is 0 Å². The molecule has 0 radical (unpaired) electrons. The molecule has 1 aliphatic rings. The molecule has 1 aliphatic heterocycles. The fourth-order valence-corrected chi connectivity index (χ4v) is 2.33. The molecule has 2 N–H and O–H groups in total. The van der Waals surface area contributed by atoms with Crippen LogP contribution in [0.4, 0.5) is 16.2 Å². The highest BCUT2D eigenvalue weighted by atomic mass is 79.9. The zero-order valence-electron chi connectivity index (χ0n) is 9.00. The molecule has 0 spiro atoms. The highest BCUT2D eigenvalue weighted by Crippen LogP contribution is 2.32. The molecule has 1 saturated heterocycles. The van der Waals surface area contributed by atoms with Crippen LogP contribution >= 0.6 is 15.9 Å². The summed E-state index contributed by atoms with van der Waals surface area (Å²) in [7, 11) is 0. The Morgan fingerprint density at radius 3 is 2.94 bits per heavy atom. The van der Waals surface area contributed by atoms with Crippen LogP contribution in [0.5, 0.6) is 0 Å². The van der Waals surface area contributed by atoms with Gasteiger partial charge in [-0.2, -0.15) is 0 Å². The van der Waals surface area contributed by atoms with Gasteiger partial charge in [0.1, 0.15) is 0 Å². The number of nitrogens with two attached hydrogens (primary N) is 1. The predicted molar refractivity (Wildman–Crippen MR) is 66.6 cm³/mol. The number of nitrogens with zero attached hydrogens (tertiary/aromatic N) is 1. The second-order valence-electron chi connectivity index (χ2n) is 3.78. The molecule has 1 amide bonds. The Hall–Kier alpha value is -1.23. The number of carbonyl (C=O) groups is 1. The van der Waals surface area contributed by atoms with Crippen LogP contribution in [0.1, 0.15) is 12.0 Å². The van der Waals surface area contributed by atoms with Crippen LogP contribution in [0, 0.1) is 6.92 Å². The Morgan fingerprint density at radius 1 is 1.50 bits per heavy atom. The van der Waals surface area contributed by atoms with Crippen LogP contribution in [-0.2, 0) is 4.74 Å². The average Bonchev–Trinajstić information content (AvgIpc) is 2.25. The molecule has 5 heteroatoms. The minimum Gasteiger partial charge on any atom is -0.449 e. The first kappa shape index (κ1) is 11.3. The van der Waals surface area contributed by atoms with Crippen molar-refractivity contribution in [1.29, 1.82) is 0 Å². The summed E-state index contributed by atoms with van der Waals surface area (Å²) in [6, 6.07) is 3.71. The number of carbonyl (C=O) groups excluding carboxylic acids is 1. The van der Waals surface area contributed by atoms with E-state index in [1.807, 2.05) is 13.0 Å². The summed E-state index contributed by atoms with van der Waals surface area (Å²) in [6.45, 7) is 3.09. The second-order valence-corrected chi connectivity index (χ2v) is 4.63. The first-order valence-corrected chi connectivity index (χ1v) is 5.89. The molecule has 2 rings (SSSR count). The smallest absolute Gasteiger partial charge is 0.414 e. The summed E-state index contributed by atoms with van der Waals surface area (Å²) in [5.41, 5.74) is 8.28. The molecule has 1 fully saturated rings. The summed E-state index contributed by atoms with van der Waals surface area (Å²) < 4.78 is 5.85. The maximum Gasteiger partial charge on any atom is 0.414 e. The number of amides is 1. The molecular weight excluding hydrogens is 272 g/mol. The lowest BCUT2D eigenvalue weighted by Crippen LogP contribution is -2.37. The molecule has 0 aromatic heterocycles. The first-order valence-electron chi connectivity index (χ1n) is 5.09. The molecule has 0 aliphatic carbocycles. The molecule has 0 atom stereocenters. The lowest BCUT2D eigenvalue weighted by Gasteiger charge is -2.27. The van der Waals surface area contributed by atoms with Crippen LogP contribution in [0.2, 0.25) is 0 Å². The van der Waals surface area contributed by atoms with E-state index in [2.05, 4.69) is 15.9 Å². The van der Waals surface area contributed by atoms with E-state index >= 15 is 0 Å². The van der Waals surface area contributed by atoms with E-state index in [-0.39, 0.29) is 6.09 Å². The number of aryl methyl sites for hydroxylation is 1. The SMILES string of the molecule is Cc1cc(Br)c(N2CCCOC2=O)cc1N. The number of nitrogen functional groups attached to an aromatic ring is 1. The number of hydrogen-bond donors (Lipinski definition) is 1. The third-order valence-electron chi connectivity index (χ3n) is 2.60. The van der Waals surface area contributed by atoms with Crippen molar-refractivity contribution in [3.05, 3.63) is 22.2 Å². The summed E-state index contributed by atoms with van der Waals surface area (Å²) in [5.74, 6) is 0. The van der Waals surface area contributed by atoms with Crippen molar-refractivity contribution in [1.82, 2.24) is 0 Å². The molecule has 0 unspecified atom stereocenters. The van der Waals surface area contributed by atoms with E-state index in [0.29, 0.717) is 18.8 Å². The summed E-state index contributed by atoms with van der Waals surface area (Å²) in [4.78, 5) is 13.2. The van der Waals surface area contributed by atoms with E-state index < -0.39 is 0 Å². The Bertz CT molecular complexity index is 434. The Kier molecular flexibility index (Phi) is 3.05. The van der Waals surface area contributed by atoms with Gasteiger partial charge in [0.15, 0.2) is 0 Å². The first-order chi connectivity index (χ1) is 7.59. The van der Waals surface area contributed by atoms with Crippen molar-refractivity contribution in [2.24, 2.45) is 0 Å². The molecule has 1 heterocycles. The molecule has 1 aromatic rings. The van der Waals surface area contributed by atoms with Crippen molar-refractivity contribution in [2.75, 3.05) is 23.8 Å². The van der Waals surface area contributed by atoms with Gasteiger partial charge in [-0.3, -0.25) is 4.90 Å². The Balaban J connectivity index is 2.39. The zero-order chi connectivity index (χ0) is 11.7. The minimum atomic E-state index is -0.310. The quantitative estimate of drug-likeness (QED) is 0.807. The monoisotopic (exact) mass is 284 g/mol. The van der Waals surface area contributed by atoms with Crippen LogP contribution < -0.4 is 10.6 Å². The lowest BCUT2D eigenvalue weighted by molar-refractivity contribution is 0.140. The van der Waals surface area contributed by atoms with Crippen LogP contribution in [0.15, 0.2) is 16.6 Å². The number of benzene rings is 1. The second kappa shape index (κ2) is 4.33. The van der Waals surface area contributed by atoms with Crippen molar-refractivity contribution in [2.45, 2.75) is 13.3 Å². The Morgan fingerprint density at radius 2 is 2.25 bits per heavy atom. The highest BCUT2D eigenvalue weighted by molar-refractivity contribution is 9.10. The molecule has 1 aromatic carbocycles. The minimum absolute atomic E-state index is 0.310. The van der Waals surface area contributed by atoms with Gasteiger partial charge in [0.2, 0.25) is 0 Å². The van der Waals surface area contributed by atoms with Gasteiger partial charge < -0.3 is 10.5 Å². The molecule has 4 nitrogen and oxygen atoms in total. The number of ether oxygens (including phenoxy) is 1. The standard InChI is InChI=1S/C11H13BrN2O2/c1-7-5-8(12)10(6-9(7)13)14-3-2-4-16-11(14)15/h5-6H,2-4,13H2,1H3. The zero-order valence-corrected chi connectivity index (χ0v) is 10.6. The van der Waals surface area contributed by atoms with Crippen molar-refractivity contribution in [3.8, 4) is 0 Å². The maximum absolute atomic E-state index is 11.6. The van der Waals surface area contributed by atoms with Crippen LogP contribution in [-0.4, -0.2) is 19.2 Å². The van der Waals surface area contributed by atoms with Crippen molar-refractivity contribution >= 4 is 33.4 Å². The van der Waals surface area contributed by atoms with E-state index in [0.717, 1.165) is 22.1 Å². The van der Waals surface area contributed by atoms with Gasteiger partial charge in [-0.05, 0) is 47.0 Å². The van der Waals surface area contributed by atoms with Crippen molar-refractivity contribution in [3.63, 3.8) is 0 Å². The Labute approximate surface area is 102 Å². The fraction of sp³-hybridized carbons (Fsp3) is 0.364. The van der Waals surface area contributed by atoms with Gasteiger partial charge in [0.05, 0.1) is 12.3 Å². The molecule has 0 saturated carbocycles. The van der Waals surface area contributed by atoms with Gasteiger partial charge in [-0.25, -0.2) is 4.79 Å². The largest absolute Gasteiger partial charge is 0.449 e. The number of cyclic esters (lactones) is 1. The molecule has 16 heavy (non-hydrogen) atoms. The lowest BCUT2D eigenvalue weighted by atomic mass is 10.1. The normalized spacial score (nSPS) is 16.1. The number of hydrogen-bond acceptors (Lipinski definition) is 3. The van der Waals surface area contributed by atoms with Crippen LogP contribution in [0.25, 0.3) is 0 Å². The molecule has 0 bridgehead atoms. The highest BCUT2D eigenvalue weighted by Gasteiger charge is 2.23. The number of halogens is 1. The summed E-state index contributed by atoms with van der Waals surface area (Å²) in [6.07, 6.45) is 0.529. The maximum atomic E-state index is 11.6. The topological polar surface area (TPSA) is 55.6 Å². The van der Waals surface area contributed by atoms with E-state index in [4.69, 9.17) is 10.5 Å². The molecule has 86 valence electrons. The third-order valence-corrected chi connectivity index (χ3v) is 3.23. The fourth-order valence-electron chi connectivity index (χ4n) is 1.65. The number of rotatable bonds is 1. The third kappa shape index (κ3) is 2.00. The summed E-state index contributed by atoms with van der Waals surface area (Å²) in [5, 5.41) is 0. The van der Waals surface area contributed by atoms with E-state index in [9.17, 15) is 4.79 Å². The predicted octanol–water partition coefficient (Wildman–Crippen LogP) is 2.69. The van der Waals surface area contributed by atoms with E-state index in [1.54, 1.807) is 11.0 Å². The van der Waals surface area contributed by atoms with Crippen LogP contribution in [0.3, 0.4) is 0 Å². The van der Waals surface area contributed by atoms with Crippen molar-refractivity contribution < 1.29 is 9.53 Å². The molecular formula is C11H13BrN2O2. The average molecular weight is 285 g/mol. The van der Waals surface area contributed by atoms with Gasteiger partial charge in [0.25, 0.3) is 0 Å². The van der Waals surface area contributed by atoms with Gasteiger partial charge in [-0.1, -0.05) is 0 Å². The van der Waals surface area contributed by atoms with Gasteiger partial charge >= 0.3 is 6.09 Å². The summed E-state index contributed by atoms with van der Waals surface area (Å²) >= 11 is 3.44. The van der Waals surface area contributed by atoms with Gasteiger partial charge in [-0.15, -0.1) is 0 Å².